The van der Waals surface area contributed by atoms with Crippen molar-refractivity contribution in [2.24, 2.45) is 0 Å². The van der Waals surface area contributed by atoms with Crippen molar-refractivity contribution >= 4 is 28.8 Å². The van der Waals surface area contributed by atoms with Gasteiger partial charge in [-0.15, -0.1) is 11.3 Å². The van der Waals surface area contributed by atoms with Gasteiger partial charge in [0.25, 0.3) is 0 Å². The highest BCUT2D eigenvalue weighted by molar-refractivity contribution is 7.12. The second kappa shape index (κ2) is 6.77. The number of halogens is 1. The summed E-state index contributed by atoms with van der Waals surface area (Å²) in [5.74, 6) is -0.0515. The van der Waals surface area contributed by atoms with E-state index in [0.717, 1.165) is 16.4 Å². The minimum Gasteiger partial charge on any atom is -0.352 e. The van der Waals surface area contributed by atoms with Gasteiger partial charge in [0.15, 0.2) is 5.13 Å². The van der Waals surface area contributed by atoms with Crippen molar-refractivity contribution in [1.82, 2.24) is 14.9 Å². The minimum atomic E-state index is -0.0515. The molecule has 0 aliphatic heterocycles. The molecule has 22 heavy (non-hydrogen) atoms. The van der Waals surface area contributed by atoms with E-state index in [1.165, 1.54) is 11.3 Å². The zero-order valence-electron chi connectivity index (χ0n) is 11.7. The number of thiazole rings is 1. The van der Waals surface area contributed by atoms with E-state index in [-0.39, 0.29) is 12.3 Å². The average molecular weight is 332 g/mol. The fraction of sp³-hybridized carbons (Fsp3) is 0.125. The molecule has 112 valence electrons. The Kier molecular flexibility index (Phi) is 4.56. The SMILES string of the molecule is O=C(Cc1csc(-n2cccc2)n1)NCc1cccc(Cl)c1. The third-order valence-electron chi connectivity index (χ3n) is 3.09. The summed E-state index contributed by atoms with van der Waals surface area (Å²) >= 11 is 7.44. The Labute approximate surface area is 137 Å². The molecule has 2 aromatic heterocycles. The van der Waals surface area contributed by atoms with Gasteiger partial charge in [0.1, 0.15) is 0 Å². The summed E-state index contributed by atoms with van der Waals surface area (Å²) in [6.45, 7) is 0.466. The van der Waals surface area contributed by atoms with Crippen LogP contribution in [0.4, 0.5) is 0 Å². The lowest BCUT2D eigenvalue weighted by molar-refractivity contribution is -0.120. The molecule has 0 atom stereocenters. The summed E-state index contributed by atoms with van der Waals surface area (Å²) in [4.78, 5) is 16.4. The summed E-state index contributed by atoms with van der Waals surface area (Å²) in [5, 5.41) is 6.32. The molecular formula is C16H14ClN3OS. The first-order valence-corrected chi connectivity index (χ1v) is 8.05. The van der Waals surface area contributed by atoms with Crippen LogP contribution in [0.5, 0.6) is 0 Å². The van der Waals surface area contributed by atoms with Crippen LogP contribution in [0.1, 0.15) is 11.3 Å². The van der Waals surface area contributed by atoms with E-state index >= 15 is 0 Å². The van der Waals surface area contributed by atoms with Crippen LogP contribution in [0.3, 0.4) is 0 Å². The molecule has 3 aromatic rings. The number of aromatic nitrogens is 2. The van der Waals surface area contributed by atoms with Crippen molar-refractivity contribution in [2.45, 2.75) is 13.0 Å². The van der Waals surface area contributed by atoms with E-state index in [0.29, 0.717) is 11.6 Å². The Hall–Kier alpha value is -2.11. The number of hydrogen-bond acceptors (Lipinski definition) is 3. The van der Waals surface area contributed by atoms with Crippen molar-refractivity contribution in [3.8, 4) is 5.13 Å². The molecule has 1 aromatic carbocycles. The van der Waals surface area contributed by atoms with Crippen LogP contribution in [-0.4, -0.2) is 15.5 Å². The van der Waals surface area contributed by atoms with Gasteiger partial charge in [-0.25, -0.2) is 4.98 Å². The molecule has 0 radical (unpaired) electrons. The maximum Gasteiger partial charge on any atom is 0.226 e. The average Bonchev–Trinajstić information content (AvgIpc) is 3.16. The van der Waals surface area contributed by atoms with E-state index in [9.17, 15) is 4.79 Å². The van der Waals surface area contributed by atoms with Gasteiger partial charge < -0.3 is 9.88 Å². The van der Waals surface area contributed by atoms with Crippen LogP contribution in [0.25, 0.3) is 5.13 Å². The monoisotopic (exact) mass is 331 g/mol. The van der Waals surface area contributed by atoms with E-state index in [2.05, 4.69) is 10.3 Å². The van der Waals surface area contributed by atoms with Gasteiger partial charge in [-0.1, -0.05) is 23.7 Å². The molecule has 0 spiro atoms. The first kappa shape index (κ1) is 14.8. The number of carbonyl (C=O) groups is 1. The maximum absolute atomic E-state index is 12.0. The third kappa shape index (κ3) is 3.75. The van der Waals surface area contributed by atoms with E-state index in [4.69, 9.17) is 11.6 Å². The van der Waals surface area contributed by atoms with Crippen molar-refractivity contribution in [1.29, 1.82) is 0 Å². The first-order chi connectivity index (χ1) is 10.7. The third-order valence-corrected chi connectivity index (χ3v) is 4.22. The number of carbonyl (C=O) groups excluding carboxylic acids is 1. The second-order valence-corrected chi connectivity index (χ2v) is 6.07. The number of nitrogens with one attached hydrogen (secondary N) is 1. The summed E-state index contributed by atoms with van der Waals surface area (Å²) in [5.41, 5.74) is 1.75. The lowest BCUT2D eigenvalue weighted by Crippen LogP contribution is -2.24. The lowest BCUT2D eigenvalue weighted by Gasteiger charge is -2.04. The van der Waals surface area contributed by atoms with Gasteiger partial charge in [-0.2, -0.15) is 0 Å². The summed E-state index contributed by atoms with van der Waals surface area (Å²) in [6, 6.07) is 11.3. The predicted molar refractivity (Wildman–Crippen MR) is 88.4 cm³/mol. The molecule has 0 saturated heterocycles. The standard InChI is InChI=1S/C16H14ClN3OS/c17-13-5-3-4-12(8-13)10-18-15(21)9-14-11-22-16(19-14)20-6-1-2-7-20/h1-8,11H,9-10H2,(H,18,21). The Balaban J connectivity index is 1.56. The molecule has 0 aliphatic carbocycles. The Bertz CT molecular complexity index is 767. The predicted octanol–water partition coefficient (Wildman–Crippen LogP) is 3.45. The molecular weight excluding hydrogens is 318 g/mol. The molecule has 6 heteroatoms. The fourth-order valence-electron chi connectivity index (χ4n) is 2.03. The summed E-state index contributed by atoms with van der Waals surface area (Å²) in [6.07, 6.45) is 4.14. The van der Waals surface area contributed by atoms with E-state index in [1.807, 2.05) is 58.7 Å². The van der Waals surface area contributed by atoms with Crippen LogP contribution >= 0.6 is 22.9 Å². The van der Waals surface area contributed by atoms with Crippen molar-refractivity contribution < 1.29 is 4.79 Å². The zero-order valence-corrected chi connectivity index (χ0v) is 13.3. The van der Waals surface area contributed by atoms with Crippen molar-refractivity contribution in [2.75, 3.05) is 0 Å². The molecule has 0 unspecified atom stereocenters. The van der Waals surface area contributed by atoms with E-state index < -0.39 is 0 Å². The first-order valence-electron chi connectivity index (χ1n) is 6.79. The lowest BCUT2D eigenvalue weighted by atomic mass is 10.2. The quantitative estimate of drug-likeness (QED) is 0.778. The molecule has 1 amide bonds. The number of hydrogen-bond donors (Lipinski definition) is 1. The van der Waals surface area contributed by atoms with Gasteiger partial charge in [0.2, 0.25) is 5.91 Å². The molecule has 2 heterocycles. The largest absolute Gasteiger partial charge is 0.352 e. The molecule has 0 fully saturated rings. The van der Waals surface area contributed by atoms with Gasteiger partial charge in [0.05, 0.1) is 12.1 Å². The number of benzene rings is 1. The molecule has 0 saturated carbocycles. The molecule has 3 rings (SSSR count). The second-order valence-electron chi connectivity index (χ2n) is 4.80. The minimum absolute atomic E-state index is 0.0515. The number of nitrogens with zero attached hydrogens (tertiary/aromatic N) is 2. The normalized spacial score (nSPS) is 10.6. The fourth-order valence-corrected chi connectivity index (χ4v) is 3.04. The maximum atomic E-state index is 12.0. The van der Waals surface area contributed by atoms with Crippen LogP contribution in [0.2, 0.25) is 5.02 Å². The molecule has 1 N–H and O–H groups in total. The Morgan fingerprint density at radius 1 is 1.27 bits per heavy atom. The highest BCUT2D eigenvalue weighted by atomic mass is 35.5. The topological polar surface area (TPSA) is 46.9 Å². The van der Waals surface area contributed by atoms with Gasteiger partial charge >= 0.3 is 0 Å². The highest BCUT2D eigenvalue weighted by Gasteiger charge is 2.08. The number of amides is 1. The smallest absolute Gasteiger partial charge is 0.226 e. The number of rotatable bonds is 5. The Morgan fingerprint density at radius 3 is 2.86 bits per heavy atom. The van der Waals surface area contributed by atoms with E-state index in [1.54, 1.807) is 0 Å². The van der Waals surface area contributed by atoms with Gasteiger partial charge in [0, 0.05) is 29.3 Å². The molecule has 0 aliphatic rings. The Morgan fingerprint density at radius 2 is 2.09 bits per heavy atom. The van der Waals surface area contributed by atoms with Gasteiger partial charge in [-0.3, -0.25) is 4.79 Å². The molecule has 4 nitrogen and oxygen atoms in total. The van der Waals surface area contributed by atoms with Crippen LogP contribution in [-0.2, 0) is 17.8 Å². The van der Waals surface area contributed by atoms with Crippen LogP contribution < -0.4 is 5.32 Å². The summed E-state index contributed by atoms with van der Waals surface area (Å²) in [7, 11) is 0. The van der Waals surface area contributed by atoms with Crippen molar-refractivity contribution in [3.63, 3.8) is 0 Å². The summed E-state index contributed by atoms with van der Waals surface area (Å²) < 4.78 is 1.93. The van der Waals surface area contributed by atoms with Crippen molar-refractivity contribution in [3.05, 3.63) is 70.5 Å². The molecule has 0 bridgehead atoms. The highest BCUT2D eigenvalue weighted by Crippen LogP contribution is 2.15. The van der Waals surface area contributed by atoms with Crippen LogP contribution in [0, 0.1) is 0 Å². The zero-order chi connectivity index (χ0) is 15.4. The van der Waals surface area contributed by atoms with Gasteiger partial charge in [-0.05, 0) is 29.8 Å². The van der Waals surface area contributed by atoms with Crippen LogP contribution in [0.15, 0.2) is 54.2 Å².